The summed E-state index contributed by atoms with van der Waals surface area (Å²) in [4.78, 5) is 27.4. The van der Waals surface area contributed by atoms with E-state index in [1.165, 1.54) is 0 Å². The fourth-order valence-corrected chi connectivity index (χ4v) is 2.92. The third-order valence-electron chi connectivity index (χ3n) is 3.89. The largest absolute Gasteiger partial charge is 0.481 e. The second kappa shape index (κ2) is 6.85. The highest BCUT2D eigenvalue weighted by atomic mass is 16.5. The van der Waals surface area contributed by atoms with E-state index in [0.717, 1.165) is 25.1 Å². The lowest BCUT2D eigenvalue weighted by Crippen LogP contribution is -2.33. The Bertz CT molecular complexity index is 574. The highest BCUT2D eigenvalue weighted by Gasteiger charge is 2.22. The molecule has 0 amide bonds. The van der Waals surface area contributed by atoms with Gasteiger partial charge in [0.1, 0.15) is 0 Å². The van der Waals surface area contributed by atoms with Gasteiger partial charge >= 0.3 is 11.7 Å². The molecule has 0 radical (unpaired) electrons. The summed E-state index contributed by atoms with van der Waals surface area (Å²) >= 11 is 0. The van der Waals surface area contributed by atoms with Crippen LogP contribution in [0.3, 0.4) is 0 Å². The molecule has 0 aromatic carbocycles. The number of carbonyl (C=O) groups is 1. The number of aryl methyl sites for hydroxylation is 1. The Kier molecular flexibility index (Phi) is 5.12. The zero-order chi connectivity index (χ0) is 15.4. The zero-order valence-electron chi connectivity index (χ0n) is 12.6. The lowest BCUT2D eigenvalue weighted by atomic mass is 10.0. The molecular formula is C15H22N2O4. The molecule has 1 saturated heterocycles. The third kappa shape index (κ3) is 3.50. The molecule has 0 bridgehead atoms. The van der Waals surface area contributed by atoms with Crippen LogP contribution >= 0.6 is 0 Å². The van der Waals surface area contributed by atoms with Crippen molar-refractivity contribution in [2.24, 2.45) is 0 Å². The van der Waals surface area contributed by atoms with Crippen molar-refractivity contribution in [3.63, 3.8) is 0 Å². The van der Waals surface area contributed by atoms with E-state index in [1.807, 2.05) is 13.8 Å². The van der Waals surface area contributed by atoms with Crippen LogP contribution in [-0.2, 0) is 35.3 Å². The fraction of sp³-hybridized carbons (Fsp3) is 0.667. The van der Waals surface area contributed by atoms with E-state index in [2.05, 4.69) is 4.98 Å². The van der Waals surface area contributed by atoms with Crippen LogP contribution in [0.1, 0.15) is 43.6 Å². The van der Waals surface area contributed by atoms with E-state index in [0.29, 0.717) is 30.6 Å². The number of carboxylic acid groups (broad SMARTS) is 1. The van der Waals surface area contributed by atoms with Gasteiger partial charge in [-0.25, -0.2) is 4.79 Å². The van der Waals surface area contributed by atoms with Gasteiger partial charge < -0.3 is 9.84 Å². The van der Waals surface area contributed by atoms with Gasteiger partial charge in [-0.15, -0.1) is 0 Å². The molecule has 0 saturated carbocycles. The minimum absolute atomic E-state index is 0.0277. The zero-order valence-corrected chi connectivity index (χ0v) is 12.6. The van der Waals surface area contributed by atoms with E-state index in [-0.39, 0.29) is 18.2 Å². The molecule has 6 nitrogen and oxygen atoms in total. The molecule has 6 heteroatoms. The van der Waals surface area contributed by atoms with Gasteiger partial charge in [0.15, 0.2) is 0 Å². The van der Waals surface area contributed by atoms with Crippen molar-refractivity contribution in [2.45, 2.75) is 58.6 Å². The average Bonchev–Trinajstić information content (AvgIpc) is 2.94. The van der Waals surface area contributed by atoms with Gasteiger partial charge in [0, 0.05) is 17.9 Å². The quantitative estimate of drug-likeness (QED) is 0.852. The molecule has 1 aromatic rings. The molecule has 1 aliphatic heterocycles. The van der Waals surface area contributed by atoms with E-state index in [9.17, 15) is 9.59 Å². The number of hydrogen-bond donors (Lipinski definition) is 1. The molecule has 1 aromatic heterocycles. The predicted molar refractivity (Wildman–Crippen MR) is 77.6 cm³/mol. The van der Waals surface area contributed by atoms with Crippen LogP contribution in [0, 0.1) is 0 Å². The van der Waals surface area contributed by atoms with E-state index in [1.54, 1.807) is 4.57 Å². The monoisotopic (exact) mass is 294 g/mol. The number of aromatic nitrogens is 2. The maximum atomic E-state index is 12.3. The smallest absolute Gasteiger partial charge is 0.348 e. The Morgan fingerprint density at radius 2 is 2.19 bits per heavy atom. The maximum absolute atomic E-state index is 12.3. The topological polar surface area (TPSA) is 81.4 Å². The molecule has 1 atom stereocenters. The number of ether oxygens (including phenoxy) is 1. The maximum Gasteiger partial charge on any atom is 0.348 e. The first kappa shape index (κ1) is 15.7. The Balaban J connectivity index is 2.46. The first-order valence-electron chi connectivity index (χ1n) is 7.51. The summed E-state index contributed by atoms with van der Waals surface area (Å²) < 4.78 is 7.19. The Morgan fingerprint density at radius 3 is 2.71 bits per heavy atom. The van der Waals surface area contributed by atoms with Crippen LogP contribution in [0.2, 0.25) is 0 Å². The SMILES string of the molecule is CCc1nc(=O)n(CC2CCCO2)c(CC)c1CC(=O)O. The van der Waals surface area contributed by atoms with Crippen molar-refractivity contribution in [1.29, 1.82) is 0 Å². The van der Waals surface area contributed by atoms with Crippen LogP contribution in [0.15, 0.2) is 4.79 Å². The molecule has 2 heterocycles. The fourth-order valence-electron chi connectivity index (χ4n) is 2.92. The summed E-state index contributed by atoms with van der Waals surface area (Å²) in [6.07, 6.45) is 3.04. The highest BCUT2D eigenvalue weighted by Crippen LogP contribution is 2.18. The van der Waals surface area contributed by atoms with Gasteiger partial charge in [-0.3, -0.25) is 9.36 Å². The van der Waals surface area contributed by atoms with E-state index >= 15 is 0 Å². The van der Waals surface area contributed by atoms with Crippen molar-refractivity contribution in [2.75, 3.05) is 6.61 Å². The van der Waals surface area contributed by atoms with Crippen molar-refractivity contribution < 1.29 is 14.6 Å². The minimum atomic E-state index is -0.900. The summed E-state index contributed by atoms with van der Waals surface area (Å²) in [5.74, 6) is -0.900. The standard InChI is InChI=1S/C15H22N2O4/c1-3-12-11(8-14(18)19)13(4-2)17(15(20)16-12)9-10-6-5-7-21-10/h10H,3-9H2,1-2H3,(H,18,19). The number of nitrogens with zero attached hydrogens (tertiary/aromatic N) is 2. The number of rotatable bonds is 6. The van der Waals surface area contributed by atoms with Crippen molar-refractivity contribution >= 4 is 5.97 Å². The van der Waals surface area contributed by atoms with Crippen LogP contribution in [-0.4, -0.2) is 33.3 Å². The van der Waals surface area contributed by atoms with Crippen LogP contribution < -0.4 is 5.69 Å². The first-order chi connectivity index (χ1) is 10.1. The van der Waals surface area contributed by atoms with Crippen molar-refractivity contribution in [3.8, 4) is 0 Å². The minimum Gasteiger partial charge on any atom is -0.481 e. The summed E-state index contributed by atoms with van der Waals surface area (Å²) in [6, 6.07) is 0. The first-order valence-corrected chi connectivity index (χ1v) is 7.51. The van der Waals surface area contributed by atoms with E-state index < -0.39 is 5.97 Å². The second-order valence-electron chi connectivity index (χ2n) is 5.29. The molecule has 1 unspecified atom stereocenters. The summed E-state index contributed by atoms with van der Waals surface area (Å²) in [5, 5.41) is 9.11. The normalized spacial score (nSPS) is 18.1. The summed E-state index contributed by atoms with van der Waals surface area (Å²) in [6.45, 7) is 5.01. The molecule has 1 N–H and O–H groups in total. The predicted octanol–water partition coefficient (Wildman–Crippen LogP) is 1.17. The highest BCUT2D eigenvalue weighted by molar-refractivity contribution is 5.71. The molecule has 0 aliphatic carbocycles. The van der Waals surface area contributed by atoms with Crippen molar-refractivity contribution in [1.82, 2.24) is 9.55 Å². The van der Waals surface area contributed by atoms with Crippen LogP contribution in [0.4, 0.5) is 0 Å². The number of aliphatic carboxylic acids is 1. The Morgan fingerprint density at radius 1 is 1.43 bits per heavy atom. The van der Waals surface area contributed by atoms with Crippen molar-refractivity contribution in [3.05, 3.63) is 27.4 Å². The van der Waals surface area contributed by atoms with Gasteiger partial charge in [0.05, 0.1) is 24.8 Å². The average molecular weight is 294 g/mol. The molecule has 21 heavy (non-hydrogen) atoms. The molecular weight excluding hydrogens is 272 g/mol. The van der Waals surface area contributed by atoms with Crippen LogP contribution in [0.5, 0.6) is 0 Å². The molecule has 116 valence electrons. The van der Waals surface area contributed by atoms with Crippen LogP contribution in [0.25, 0.3) is 0 Å². The number of hydrogen-bond acceptors (Lipinski definition) is 4. The van der Waals surface area contributed by atoms with Gasteiger partial charge in [-0.1, -0.05) is 13.8 Å². The van der Waals surface area contributed by atoms with E-state index in [4.69, 9.17) is 9.84 Å². The molecule has 1 aliphatic rings. The molecule has 2 rings (SSSR count). The summed E-state index contributed by atoms with van der Waals surface area (Å²) in [7, 11) is 0. The number of carboxylic acids is 1. The van der Waals surface area contributed by atoms with Gasteiger partial charge in [-0.05, 0) is 25.7 Å². The van der Waals surface area contributed by atoms with Gasteiger partial charge in [0.2, 0.25) is 0 Å². The Labute approximate surface area is 123 Å². The Hall–Kier alpha value is -1.69. The third-order valence-corrected chi connectivity index (χ3v) is 3.89. The lowest BCUT2D eigenvalue weighted by Gasteiger charge is -2.19. The van der Waals surface area contributed by atoms with Gasteiger partial charge in [-0.2, -0.15) is 4.98 Å². The molecule has 0 spiro atoms. The lowest BCUT2D eigenvalue weighted by molar-refractivity contribution is -0.136. The molecule has 1 fully saturated rings. The summed E-state index contributed by atoms with van der Waals surface area (Å²) in [5.41, 5.74) is 1.77. The second-order valence-corrected chi connectivity index (χ2v) is 5.29. The van der Waals surface area contributed by atoms with Gasteiger partial charge in [0.25, 0.3) is 0 Å².